The van der Waals surface area contributed by atoms with Crippen LogP contribution in [0.3, 0.4) is 0 Å². The quantitative estimate of drug-likeness (QED) is 0.453. The number of hydrogen-bond donors (Lipinski definition) is 1. The molecule has 0 radical (unpaired) electrons. The van der Waals surface area contributed by atoms with Crippen molar-refractivity contribution in [2.24, 2.45) is 16.7 Å². The maximum atomic E-state index is 12.5. The topological polar surface area (TPSA) is 29.1 Å². The molecule has 1 amide bonds. The van der Waals surface area contributed by atoms with Gasteiger partial charge >= 0.3 is 0 Å². The molecule has 0 saturated carbocycles. The maximum absolute atomic E-state index is 12.5. The van der Waals surface area contributed by atoms with Crippen molar-refractivity contribution in [2.45, 2.75) is 126 Å². The van der Waals surface area contributed by atoms with Crippen molar-refractivity contribution < 1.29 is 4.79 Å². The van der Waals surface area contributed by atoms with Gasteiger partial charge in [0.15, 0.2) is 0 Å². The third-order valence-electron chi connectivity index (χ3n) is 5.24. The Labute approximate surface area is 170 Å². The SMILES string of the molecule is CC.CC(C)C(C)(C)CCC(C)(C)NC(=O)SC(C)(C)CCC(C)(C)C. The van der Waals surface area contributed by atoms with Gasteiger partial charge in [-0.05, 0) is 56.3 Å². The molecule has 0 saturated heterocycles. The van der Waals surface area contributed by atoms with Gasteiger partial charge < -0.3 is 5.32 Å². The van der Waals surface area contributed by atoms with Gasteiger partial charge in [-0.25, -0.2) is 0 Å². The van der Waals surface area contributed by atoms with E-state index in [4.69, 9.17) is 0 Å². The van der Waals surface area contributed by atoms with Crippen LogP contribution < -0.4 is 5.32 Å². The lowest BCUT2D eigenvalue weighted by molar-refractivity contribution is 0.195. The van der Waals surface area contributed by atoms with Gasteiger partial charge in [-0.3, -0.25) is 4.79 Å². The van der Waals surface area contributed by atoms with Crippen molar-refractivity contribution >= 4 is 17.0 Å². The summed E-state index contributed by atoms with van der Waals surface area (Å²) >= 11 is 1.46. The average Bonchev–Trinajstić information content (AvgIpc) is 2.43. The van der Waals surface area contributed by atoms with E-state index in [1.54, 1.807) is 0 Å². The number of carbonyl (C=O) groups excluding carboxylic acids is 1. The van der Waals surface area contributed by atoms with E-state index < -0.39 is 0 Å². The second kappa shape index (κ2) is 11.0. The number of amides is 1. The van der Waals surface area contributed by atoms with E-state index in [0.717, 1.165) is 25.7 Å². The number of rotatable bonds is 8. The first-order valence-electron chi connectivity index (χ1n) is 10.5. The molecule has 0 fully saturated rings. The van der Waals surface area contributed by atoms with Crippen LogP contribution in [-0.2, 0) is 0 Å². The van der Waals surface area contributed by atoms with Gasteiger partial charge in [0.2, 0.25) is 0 Å². The van der Waals surface area contributed by atoms with E-state index >= 15 is 0 Å². The molecule has 0 aromatic heterocycles. The largest absolute Gasteiger partial charge is 0.342 e. The molecule has 0 aliphatic carbocycles. The summed E-state index contributed by atoms with van der Waals surface area (Å²) in [7, 11) is 0. The van der Waals surface area contributed by atoms with E-state index in [9.17, 15) is 4.79 Å². The van der Waals surface area contributed by atoms with Gasteiger partial charge in [0.1, 0.15) is 0 Å². The predicted octanol–water partition coefficient (Wildman–Crippen LogP) is 8.30. The highest BCUT2D eigenvalue weighted by molar-refractivity contribution is 8.14. The molecule has 0 aliphatic heterocycles. The highest BCUT2D eigenvalue weighted by atomic mass is 32.2. The van der Waals surface area contributed by atoms with E-state index in [0.29, 0.717) is 16.7 Å². The van der Waals surface area contributed by atoms with Crippen molar-refractivity contribution in [2.75, 3.05) is 0 Å². The smallest absolute Gasteiger partial charge is 0.279 e. The number of thioether (sulfide) groups is 1. The van der Waals surface area contributed by atoms with Crippen molar-refractivity contribution in [3.8, 4) is 0 Å². The third-order valence-corrected chi connectivity index (χ3v) is 6.29. The fourth-order valence-corrected chi connectivity index (χ4v) is 3.30. The second-order valence-electron chi connectivity index (χ2n) is 10.9. The van der Waals surface area contributed by atoms with Gasteiger partial charge in [0.25, 0.3) is 5.24 Å². The fraction of sp³-hybridized carbons (Fsp3) is 0.957. The van der Waals surface area contributed by atoms with E-state index in [1.165, 1.54) is 11.8 Å². The molecule has 0 aromatic rings. The first-order chi connectivity index (χ1) is 11.5. The number of carbonyl (C=O) groups is 1. The Bertz CT molecular complexity index is 403. The van der Waals surface area contributed by atoms with Crippen LogP contribution in [0.4, 0.5) is 4.79 Å². The third kappa shape index (κ3) is 13.9. The molecular formula is C23H49NOS. The van der Waals surface area contributed by atoms with E-state index in [-0.39, 0.29) is 15.5 Å². The Morgan fingerprint density at radius 3 is 1.65 bits per heavy atom. The Morgan fingerprint density at radius 2 is 1.27 bits per heavy atom. The minimum absolute atomic E-state index is 0.0232. The van der Waals surface area contributed by atoms with Crippen molar-refractivity contribution in [3.05, 3.63) is 0 Å². The first kappa shape index (κ1) is 28.0. The zero-order valence-corrected chi connectivity index (χ0v) is 21.0. The zero-order valence-electron chi connectivity index (χ0n) is 20.2. The van der Waals surface area contributed by atoms with Crippen LogP contribution in [0.1, 0.15) is 116 Å². The van der Waals surface area contributed by atoms with Gasteiger partial charge in [-0.1, -0.05) is 87.9 Å². The van der Waals surface area contributed by atoms with Crippen molar-refractivity contribution in [3.63, 3.8) is 0 Å². The Hall–Kier alpha value is -0.180. The van der Waals surface area contributed by atoms with Crippen LogP contribution in [0.5, 0.6) is 0 Å². The van der Waals surface area contributed by atoms with E-state index in [2.05, 4.69) is 81.5 Å². The molecule has 3 heteroatoms. The Kier molecular flexibility index (Phi) is 11.8. The molecule has 26 heavy (non-hydrogen) atoms. The van der Waals surface area contributed by atoms with Gasteiger partial charge in [0, 0.05) is 10.3 Å². The van der Waals surface area contributed by atoms with E-state index in [1.807, 2.05) is 13.8 Å². The predicted molar refractivity (Wildman–Crippen MR) is 122 cm³/mol. The Morgan fingerprint density at radius 1 is 0.808 bits per heavy atom. The Balaban J connectivity index is 0. The summed E-state index contributed by atoms with van der Waals surface area (Å²) in [5.74, 6) is 0.648. The molecule has 158 valence electrons. The van der Waals surface area contributed by atoms with Gasteiger partial charge in [-0.15, -0.1) is 0 Å². The van der Waals surface area contributed by atoms with Crippen LogP contribution >= 0.6 is 11.8 Å². The molecule has 2 nitrogen and oxygen atoms in total. The molecule has 0 unspecified atom stereocenters. The molecule has 0 aliphatic rings. The zero-order chi connectivity index (χ0) is 21.4. The maximum Gasteiger partial charge on any atom is 0.279 e. The highest BCUT2D eigenvalue weighted by Gasteiger charge is 2.30. The van der Waals surface area contributed by atoms with Crippen LogP contribution in [0.25, 0.3) is 0 Å². The lowest BCUT2D eigenvalue weighted by Gasteiger charge is -2.35. The monoisotopic (exact) mass is 387 g/mol. The van der Waals surface area contributed by atoms with Crippen LogP contribution in [-0.4, -0.2) is 15.5 Å². The molecule has 0 spiro atoms. The standard InChI is InChI=1S/C21H43NOS.C2H6/c1-16(2)19(6,7)13-14-20(8,9)22-17(23)24-21(10,11)15-12-18(3,4)5;1-2/h16H,12-15H2,1-11H3,(H,22,23);1-2H3. The molecule has 1 N–H and O–H groups in total. The summed E-state index contributed by atoms with van der Waals surface area (Å²) in [6, 6.07) is 0. The summed E-state index contributed by atoms with van der Waals surface area (Å²) < 4.78 is -0.0232. The van der Waals surface area contributed by atoms with Crippen LogP contribution in [0.2, 0.25) is 0 Å². The molecule has 0 aromatic carbocycles. The fourth-order valence-electron chi connectivity index (χ4n) is 2.27. The van der Waals surface area contributed by atoms with Crippen LogP contribution in [0, 0.1) is 16.7 Å². The summed E-state index contributed by atoms with van der Waals surface area (Å²) in [4.78, 5) is 12.5. The number of nitrogens with one attached hydrogen (secondary N) is 1. The summed E-state index contributed by atoms with van der Waals surface area (Å²) in [5.41, 5.74) is 0.466. The van der Waals surface area contributed by atoms with Gasteiger partial charge in [-0.2, -0.15) is 0 Å². The minimum atomic E-state index is -0.156. The molecule has 0 bridgehead atoms. The summed E-state index contributed by atoms with van der Waals surface area (Å²) in [5, 5.41) is 3.36. The van der Waals surface area contributed by atoms with Crippen molar-refractivity contribution in [1.82, 2.24) is 5.32 Å². The first-order valence-corrected chi connectivity index (χ1v) is 11.3. The lowest BCUT2D eigenvalue weighted by atomic mass is 9.75. The van der Waals surface area contributed by atoms with Gasteiger partial charge in [0.05, 0.1) is 0 Å². The molecule has 0 heterocycles. The second-order valence-corrected chi connectivity index (χ2v) is 12.5. The normalized spacial score (nSPS) is 13.3. The van der Waals surface area contributed by atoms with Crippen LogP contribution in [0.15, 0.2) is 0 Å². The molecular weight excluding hydrogens is 338 g/mol. The average molecular weight is 388 g/mol. The molecule has 0 atom stereocenters. The minimum Gasteiger partial charge on any atom is -0.342 e. The number of hydrogen-bond acceptors (Lipinski definition) is 2. The summed E-state index contributed by atoms with van der Waals surface area (Å²) in [6.45, 7) is 28.6. The highest BCUT2D eigenvalue weighted by Crippen LogP contribution is 2.36. The lowest BCUT2D eigenvalue weighted by Crippen LogP contribution is -2.43. The molecule has 0 rings (SSSR count). The summed E-state index contributed by atoms with van der Waals surface area (Å²) in [6.07, 6.45) is 4.31. The van der Waals surface area contributed by atoms with Crippen molar-refractivity contribution in [1.29, 1.82) is 0 Å².